The fourth-order valence-corrected chi connectivity index (χ4v) is 2.25. The Bertz CT molecular complexity index is 557. The van der Waals surface area contributed by atoms with E-state index in [-0.39, 0.29) is 11.9 Å². The lowest BCUT2D eigenvalue weighted by Crippen LogP contribution is -2.29. The first kappa shape index (κ1) is 13.9. The van der Waals surface area contributed by atoms with Crippen LogP contribution < -0.4 is 5.32 Å². The van der Waals surface area contributed by atoms with E-state index >= 15 is 0 Å². The summed E-state index contributed by atoms with van der Waals surface area (Å²) in [5.74, 6) is 0.0836. The van der Waals surface area contributed by atoms with Crippen molar-refractivity contribution in [2.75, 3.05) is 5.88 Å². The van der Waals surface area contributed by atoms with Gasteiger partial charge in [0.15, 0.2) is 0 Å². The van der Waals surface area contributed by atoms with Gasteiger partial charge in [0.25, 0.3) is 5.91 Å². The molecule has 1 atom stereocenters. The third kappa shape index (κ3) is 3.49. The maximum atomic E-state index is 12.2. The third-order valence-electron chi connectivity index (χ3n) is 2.78. The number of nitrogens with one attached hydrogen (secondary N) is 1. The van der Waals surface area contributed by atoms with Gasteiger partial charge in [-0.25, -0.2) is 0 Å². The van der Waals surface area contributed by atoms with E-state index in [2.05, 4.69) is 5.32 Å². The van der Waals surface area contributed by atoms with E-state index in [1.54, 1.807) is 24.3 Å². The maximum absolute atomic E-state index is 12.2. The standard InChI is InChI=1S/C15H13Cl2NO/c16-10-14(11-6-2-1-3-7-11)18-15(19)12-8-4-5-9-13(12)17/h1-9,14H,10H2,(H,18,19). The molecule has 2 rings (SSSR count). The topological polar surface area (TPSA) is 29.1 Å². The van der Waals surface area contributed by atoms with E-state index < -0.39 is 0 Å². The van der Waals surface area contributed by atoms with Crippen LogP contribution in [-0.4, -0.2) is 11.8 Å². The Balaban J connectivity index is 2.16. The molecule has 1 unspecified atom stereocenters. The fraction of sp³-hybridized carbons (Fsp3) is 0.133. The smallest absolute Gasteiger partial charge is 0.253 e. The Morgan fingerprint density at radius 2 is 1.68 bits per heavy atom. The summed E-state index contributed by atoms with van der Waals surface area (Å²) >= 11 is 11.9. The van der Waals surface area contributed by atoms with Gasteiger partial charge in [0.2, 0.25) is 0 Å². The fourth-order valence-electron chi connectivity index (χ4n) is 1.78. The van der Waals surface area contributed by atoms with E-state index in [1.807, 2.05) is 30.3 Å². The second-order valence-corrected chi connectivity index (χ2v) is 4.79. The van der Waals surface area contributed by atoms with Gasteiger partial charge in [-0.1, -0.05) is 54.1 Å². The zero-order valence-corrected chi connectivity index (χ0v) is 11.7. The third-order valence-corrected chi connectivity index (χ3v) is 3.42. The Morgan fingerprint density at radius 1 is 1.05 bits per heavy atom. The lowest BCUT2D eigenvalue weighted by atomic mass is 10.1. The number of carbonyl (C=O) groups excluding carboxylic acids is 1. The summed E-state index contributed by atoms with van der Waals surface area (Å²) in [5, 5.41) is 3.32. The average molecular weight is 294 g/mol. The van der Waals surface area contributed by atoms with Gasteiger partial charge in [0.05, 0.1) is 16.6 Å². The highest BCUT2D eigenvalue weighted by molar-refractivity contribution is 6.33. The molecule has 0 aliphatic heterocycles. The highest BCUT2D eigenvalue weighted by Gasteiger charge is 2.16. The number of carbonyl (C=O) groups is 1. The monoisotopic (exact) mass is 293 g/mol. The van der Waals surface area contributed by atoms with Crippen molar-refractivity contribution in [1.82, 2.24) is 5.32 Å². The van der Waals surface area contributed by atoms with Crippen LogP contribution in [-0.2, 0) is 0 Å². The van der Waals surface area contributed by atoms with E-state index in [0.29, 0.717) is 16.5 Å². The van der Waals surface area contributed by atoms with Crippen molar-refractivity contribution >= 4 is 29.1 Å². The van der Waals surface area contributed by atoms with Gasteiger partial charge in [-0.15, -0.1) is 11.6 Å². The highest BCUT2D eigenvalue weighted by Crippen LogP contribution is 2.18. The first-order chi connectivity index (χ1) is 9.22. The first-order valence-corrected chi connectivity index (χ1v) is 6.80. The predicted octanol–water partition coefficient (Wildman–Crippen LogP) is 4.05. The second kappa shape index (κ2) is 6.60. The van der Waals surface area contributed by atoms with Crippen molar-refractivity contribution in [1.29, 1.82) is 0 Å². The molecule has 98 valence electrons. The van der Waals surface area contributed by atoms with E-state index in [9.17, 15) is 4.79 Å². The van der Waals surface area contributed by atoms with Crippen LogP contribution >= 0.6 is 23.2 Å². The highest BCUT2D eigenvalue weighted by atomic mass is 35.5. The molecule has 2 aromatic rings. The Morgan fingerprint density at radius 3 is 2.32 bits per heavy atom. The van der Waals surface area contributed by atoms with Gasteiger partial charge in [0, 0.05) is 5.88 Å². The van der Waals surface area contributed by atoms with Gasteiger partial charge in [-0.3, -0.25) is 4.79 Å². The maximum Gasteiger partial charge on any atom is 0.253 e. The Kier molecular flexibility index (Phi) is 4.83. The van der Waals surface area contributed by atoms with E-state index in [4.69, 9.17) is 23.2 Å². The van der Waals surface area contributed by atoms with Crippen molar-refractivity contribution < 1.29 is 4.79 Å². The molecule has 0 saturated carbocycles. The SMILES string of the molecule is O=C(NC(CCl)c1ccccc1)c1ccccc1Cl. The van der Waals surface area contributed by atoms with Crippen LogP contribution in [0.15, 0.2) is 54.6 Å². The molecule has 0 radical (unpaired) electrons. The number of amides is 1. The van der Waals surface area contributed by atoms with Crippen LogP contribution in [0.2, 0.25) is 5.02 Å². The number of hydrogen-bond acceptors (Lipinski definition) is 1. The van der Waals surface area contributed by atoms with Crippen LogP contribution in [0, 0.1) is 0 Å². The van der Waals surface area contributed by atoms with Crippen LogP contribution in [0.5, 0.6) is 0 Å². The molecule has 0 aliphatic rings. The lowest BCUT2D eigenvalue weighted by Gasteiger charge is -2.17. The normalized spacial score (nSPS) is 11.9. The van der Waals surface area contributed by atoms with Crippen LogP contribution in [0.25, 0.3) is 0 Å². The van der Waals surface area contributed by atoms with Crippen molar-refractivity contribution in [2.45, 2.75) is 6.04 Å². The molecule has 0 aromatic heterocycles. The summed E-state index contributed by atoms with van der Waals surface area (Å²) in [7, 11) is 0. The number of alkyl halides is 1. The molecule has 4 heteroatoms. The van der Waals surface area contributed by atoms with Crippen molar-refractivity contribution in [3.8, 4) is 0 Å². The Labute approximate surface area is 122 Å². The molecule has 0 spiro atoms. The zero-order valence-electron chi connectivity index (χ0n) is 10.1. The van der Waals surface area contributed by atoms with Gasteiger partial charge in [-0.05, 0) is 17.7 Å². The molecule has 2 aromatic carbocycles. The van der Waals surface area contributed by atoms with Crippen molar-refractivity contribution in [3.63, 3.8) is 0 Å². The van der Waals surface area contributed by atoms with Crippen LogP contribution in [0.3, 0.4) is 0 Å². The molecule has 19 heavy (non-hydrogen) atoms. The van der Waals surface area contributed by atoms with Crippen LogP contribution in [0.4, 0.5) is 0 Å². The number of benzene rings is 2. The number of rotatable bonds is 4. The summed E-state index contributed by atoms with van der Waals surface area (Å²) < 4.78 is 0. The molecule has 0 heterocycles. The molecule has 0 saturated heterocycles. The number of hydrogen-bond donors (Lipinski definition) is 1. The summed E-state index contributed by atoms with van der Waals surface area (Å²) in [6.45, 7) is 0. The Hall–Kier alpha value is -1.51. The second-order valence-electron chi connectivity index (χ2n) is 4.07. The van der Waals surface area contributed by atoms with E-state index in [0.717, 1.165) is 5.56 Å². The molecular formula is C15H13Cl2NO. The van der Waals surface area contributed by atoms with Gasteiger partial charge in [-0.2, -0.15) is 0 Å². The van der Waals surface area contributed by atoms with Gasteiger partial charge < -0.3 is 5.32 Å². The minimum absolute atomic E-state index is 0.222. The number of halogens is 2. The molecule has 2 nitrogen and oxygen atoms in total. The van der Waals surface area contributed by atoms with E-state index in [1.165, 1.54) is 0 Å². The molecular weight excluding hydrogens is 281 g/mol. The molecule has 1 N–H and O–H groups in total. The average Bonchev–Trinajstić information content (AvgIpc) is 2.46. The largest absolute Gasteiger partial charge is 0.344 e. The summed E-state index contributed by atoms with van der Waals surface area (Å²) in [4.78, 5) is 12.2. The molecule has 0 fully saturated rings. The van der Waals surface area contributed by atoms with Crippen molar-refractivity contribution in [3.05, 3.63) is 70.7 Å². The molecule has 0 aliphatic carbocycles. The quantitative estimate of drug-likeness (QED) is 0.847. The zero-order chi connectivity index (χ0) is 13.7. The first-order valence-electron chi connectivity index (χ1n) is 5.88. The summed E-state index contributed by atoms with van der Waals surface area (Å²) in [6, 6.07) is 16.3. The van der Waals surface area contributed by atoms with Gasteiger partial charge in [0.1, 0.15) is 0 Å². The molecule has 1 amide bonds. The van der Waals surface area contributed by atoms with Crippen molar-refractivity contribution in [2.24, 2.45) is 0 Å². The summed E-state index contributed by atoms with van der Waals surface area (Å²) in [6.07, 6.45) is 0. The van der Waals surface area contributed by atoms with Crippen LogP contribution in [0.1, 0.15) is 22.0 Å². The lowest BCUT2D eigenvalue weighted by molar-refractivity contribution is 0.0940. The minimum atomic E-state index is -0.230. The minimum Gasteiger partial charge on any atom is -0.344 e. The molecule has 0 bridgehead atoms. The summed E-state index contributed by atoms with van der Waals surface area (Å²) in [5.41, 5.74) is 1.42. The predicted molar refractivity (Wildman–Crippen MR) is 78.8 cm³/mol. The van der Waals surface area contributed by atoms with Gasteiger partial charge >= 0.3 is 0 Å².